The number of nitrogens with zero attached hydrogens (tertiary/aromatic N) is 3. The van der Waals surface area contributed by atoms with Gasteiger partial charge in [-0.3, -0.25) is 4.99 Å². The van der Waals surface area contributed by atoms with Crippen molar-refractivity contribution in [2.75, 3.05) is 51.2 Å². The van der Waals surface area contributed by atoms with Crippen LogP contribution in [0.25, 0.3) is 0 Å². The molecule has 1 aromatic rings. The Labute approximate surface area is 192 Å². The molecular formula is C22H37FIN5. The Hall–Kier alpha value is -1.09. The lowest BCUT2D eigenvalue weighted by Crippen LogP contribution is -2.51. The molecule has 2 aliphatic rings. The van der Waals surface area contributed by atoms with Gasteiger partial charge in [-0.15, -0.1) is 24.0 Å². The fraction of sp³-hybridized carbons (Fsp3) is 0.682. The maximum atomic E-state index is 13.5. The number of halogens is 2. The van der Waals surface area contributed by atoms with Crippen LogP contribution in [0.2, 0.25) is 0 Å². The molecule has 2 heterocycles. The van der Waals surface area contributed by atoms with Crippen molar-refractivity contribution in [2.24, 2.45) is 10.9 Å². The van der Waals surface area contributed by atoms with Crippen LogP contribution in [0.3, 0.4) is 0 Å². The number of rotatable bonds is 6. The zero-order valence-corrected chi connectivity index (χ0v) is 20.2. The molecule has 7 heteroatoms. The molecular weight excluding hydrogens is 480 g/mol. The molecule has 2 fully saturated rings. The summed E-state index contributed by atoms with van der Waals surface area (Å²) in [6, 6.07) is 7.23. The maximum Gasteiger partial charge on any atom is 0.191 e. The van der Waals surface area contributed by atoms with Gasteiger partial charge in [-0.25, -0.2) is 4.39 Å². The largest absolute Gasteiger partial charge is 0.369 e. The number of guanidine groups is 1. The van der Waals surface area contributed by atoms with E-state index in [1.165, 1.54) is 45.0 Å². The normalized spacial score (nSPS) is 21.6. The molecule has 1 unspecified atom stereocenters. The molecule has 1 atom stereocenters. The standard InChI is InChI=1S/C22H36FN5.HI/c1-3-27-14-10-18(11-15-27)9-12-25-22(24-2)26-20-7-5-13-28(17-20)21-8-4-6-19(23)16-21;/h4,6,8,16,18,20H,3,5,7,9-15,17H2,1-2H3,(H2,24,25,26);1H. The van der Waals surface area contributed by atoms with Gasteiger partial charge in [-0.05, 0) is 75.9 Å². The van der Waals surface area contributed by atoms with Gasteiger partial charge in [0.15, 0.2) is 5.96 Å². The van der Waals surface area contributed by atoms with Crippen LogP contribution in [0.15, 0.2) is 29.3 Å². The molecule has 0 spiro atoms. The molecule has 0 aliphatic carbocycles. The quantitative estimate of drug-likeness (QED) is 0.343. The second kappa shape index (κ2) is 12.6. The fourth-order valence-corrected chi connectivity index (χ4v) is 4.38. The highest BCUT2D eigenvalue weighted by Gasteiger charge is 2.22. The van der Waals surface area contributed by atoms with Crippen LogP contribution in [0.1, 0.15) is 39.0 Å². The van der Waals surface area contributed by atoms with Crippen LogP contribution in [-0.2, 0) is 0 Å². The highest BCUT2D eigenvalue weighted by molar-refractivity contribution is 14.0. The Balaban J connectivity index is 0.00000300. The summed E-state index contributed by atoms with van der Waals surface area (Å²) in [5, 5.41) is 7.07. The molecule has 0 aromatic heterocycles. The van der Waals surface area contributed by atoms with Crippen molar-refractivity contribution in [3.63, 3.8) is 0 Å². The van der Waals surface area contributed by atoms with Crippen molar-refractivity contribution in [1.29, 1.82) is 0 Å². The first-order valence-corrected chi connectivity index (χ1v) is 10.9. The summed E-state index contributed by atoms with van der Waals surface area (Å²) in [6.07, 6.45) is 6.04. The zero-order chi connectivity index (χ0) is 19.8. The molecule has 1 aromatic carbocycles. The van der Waals surface area contributed by atoms with Crippen molar-refractivity contribution in [1.82, 2.24) is 15.5 Å². The highest BCUT2D eigenvalue weighted by Crippen LogP contribution is 2.21. The van der Waals surface area contributed by atoms with E-state index < -0.39 is 0 Å². The molecule has 0 radical (unpaired) electrons. The van der Waals surface area contributed by atoms with Gasteiger partial charge in [-0.2, -0.15) is 0 Å². The summed E-state index contributed by atoms with van der Waals surface area (Å²) in [6.45, 7) is 8.73. The van der Waals surface area contributed by atoms with Crippen molar-refractivity contribution in [3.8, 4) is 0 Å². The summed E-state index contributed by atoms with van der Waals surface area (Å²) >= 11 is 0. The van der Waals surface area contributed by atoms with Gasteiger partial charge in [0.1, 0.15) is 5.82 Å². The third kappa shape index (κ3) is 7.59. The summed E-state index contributed by atoms with van der Waals surface area (Å²) in [7, 11) is 1.84. The minimum atomic E-state index is -0.171. The lowest BCUT2D eigenvalue weighted by atomic mass is 9.93. The van der Waals surface area contributed by atoms with E-state index in [0.717, 1.165) is 50.0 Å². The van der Waals surface area contributed by atoms with Gasteiger partial charge in [0, 0.05) is 38.4 Å². The van der Waals surface area contributed by atoms with Crippen molar-refractivity contribution < 1.29 is 4.39 Å². The summed E-state index contributed by atoms with van der Waals surface area (Å²) < 4.78 is 13.5. The van der Waals surface area contributed by atoms with Gasteiger partial charge < -0.3 is 20.4 Å². The number of piperidine rings is 2. The zero-order valence-electron chi connectivity index (χ0n) is 17.9. The monoisotopic (exact) mass is 517 g/mol. The molecule has 5 nitrogen and oxygen atoms in total. The predicted molar refractivity (Wildman–Crippen MR) is 131 cm³/mol. The molecule has 164 valence electrons. The van der Waals surface area contributed by atoms with Crippen LogP contribution in [0.4, 0.5) is 10.1 Å². The average Bonchev–Trinajstić information content (AvgIpc) is 2.73. The van der Waals surface area contributed by atoms with Gasteiger partial charge in [0.05, 0.1) is 0 Å². The number of hydrogen-bond donors (Lipinski definition) is 2. The second-order valence-electron chi connectivity index (χ2n) is 8.07. The minimum absolute atomic E-state index is 0. The van der Waals surface area contributed by atoms with Crippen LogP contribution < -0.4 is 15.5 Å². The molecule has 2 saturated heterocycles. The van der Waals surface area contributed by atoms with E-state index in [0.29, 0.717) is 6.04 Å². The fourth-order valence-electron chi connectivity index (χ4n) is 4.38. The number of hydrogen-bond acceptors (Lipinski definition) is 3. The Morgan fingerprint density at radius 1 is 1.21 bits per heavy atom. The van der Waals surface area contributed by atoms with E-state index in [2.05, 4.69) is 32.3 Å². The highest BCUT2D eigenvalue weighted by atomic mass is 127. The van der Waals surface area contributed by atoms with Crippen LogP contribution in [0, 0.1) is 11.7 Å². The average molecular weight is 517 g/mol. The second-order valence-corrected chi connectivity index (χ2v) is 8.07. The molecule has 2 aliphatic heterocycles. The molecule has 0 bridgehead atoms. The summed E-state index contributed by atoms with van der Waals surface area (Å²) in [5.41, 5.74) is 0.966. The van der Waals surface area contributed by atoms with E-state index in [1.54, 1.807) is 12.1 Å². The van der Waals surface area contributed by atoms with E-state index in [4.69, 9.17) is 0 Å². The minimum Gasteiger partial charge on any atom is -0.369 e. The Kier molecular flexibility index (Phi) is 10.5. The van der Waals surface area contributed by atoms with Crippen LogP contribution in [0.5, 0.6) is 0 Å². The smallest absolute Gasteiger partial charge is 0.191 e. The molecule has 3 rings (SSSR count). The number of aliphatic imine (C=N–C) groups is 1. The SMILES string of the molecule is CCN1CCC(CCNC(=NC)NC2CCCN(c3cccc(F)c3)C2)CC1.I. The van der Waals surface area contributed by atoms with Crippen molar-refractivity contribution in [3.05, 3.63) is 30.1 Å². The van der Waals surface area contributed by atoms with E-state index in [9.17, 15) is 4.39 Å². The maximum absolute atomic E-state index is 13.5. The van der Waals surface area contributed by atoms with Crippen LogP contribution in [-0.4, -0.2) is 63.2 Å². The Morgan fingerprint density at radius 3 is 2.69 bits per heavy atom. The predicted octanol–water partition coefficient (Wildman–Crippen LogP) is 3.70. The van der Waals surface area contributed by atoms with E-state index >= 15 is 0 Å². The third-order valence-corrected chi connectivity index (χ3v) is 6.16. The summed E-state index contributed by atoms with van der Waals surface area (Å²) in [4.78, 5) is 9.21. The molecule has 0 saturated carbocycles. The van der Waals surface area contributed by atoms with Gasteiger partial charge in [0.25, 0.3) is 0 Å². The van der Waals surface area contributed by atoms with Gasteiger partial charge >= 0.3 is 0 Å². The molecule has 0 amide bonds. The Morgan fingerprint density at radius 2 is 2.00 bits per heavy atom. The first-order chi connectivity index (χ1) is 13.7. The molecule has 2 N–H and O–H groups in total. The first kappa shape index (κ1) is 24.2. The molecule has 29 heavy (non-hydrogen) atoms. The van der Waals surface area contributed by atoms with E-state index in [-0.39, 0.29) is 29.8 Å². The van der Waals surface area contributed by atoms with Crippen LogP contribution >= 0.6 is 24.0 Å². The number of nitrogens with one attached hydrogen (secondary N) is 2. The lowest BCUT2D eigenvalue weighted by molar-refractivity contribution is 0.187. The van der Waals surface area contributed by atoms with Gasteiger partial charge in [0.2, 0.25) is 0 Å². The van der Waals surface area contributed by atoms with Crippen molar-refractivity contribution in [2.45, 2.75) is 45.1 Å². The lowest BCUT2D eigenvalue weighted by Gasteiger charge is -2.35. The first-order valence-electron chi connectivity index (χ1n) is 10.9. The Bertz CT molecular complexity index is 633. The third-order valence-electron chi connectivity index (χ3n) is 6.16. The van der Waals surface area contributed by atoms with E-state index in [1.807, 2.05) is 13.1 Å². The van der Waals surface area contributed by atoms with Gasteiger partial charge in [-0.1, -0.05) is 13.0 Å². The number of benzene rings is 1. The summed E-state index contributed by atoms with van der Waals surface area (Å²) in [5.74, 6) is 1.54. The topological polar surface area (TPSA) is 42.9 Å². The number of anilines is 1. The van der Waals surface area contributed by atoms with Crippen molar-refractivity contribution >= 4 is 35.6 Å². The number of likely N-dealkylation sites (tertiary alicyclic amines) is 1.